The lowest BCUT2D eigenvalue weighted by molar-refractivity contribution is -0.133. The number of carbonyl (C=O) groups excluding carboxylic acids is 4. The lowest BCUT2D eigenvalue weighted by Gasteiger charge is -2.24. The summed E-state index contributed by atoms with van der Waals surface area (Å²) in [7, 11) is 0. The van der Waals surface area contributed by atoms with Crippen molar-refractivity contribution in [3.63, 3.8) is 0 Å². The number of nitrogens with zero attached hydrogens (tertiary/aromatic N) is 3. The number of benzene rings is 2. The van der Waals surface area contributed by atoms with Gasteiger partial charge in [-0.3, -0.25) is 19.2 Å². The Kier molecular flexibility index (Phi) is 10.4. The third-order valence-electron chi connectivity index (χ3n) is 6.80. The Morgan fingerprint density at radius 2 is 1.79 bits per heavy atom. The highest BCUT2D eigenvalue weighted by Gasteiger charge is 2.29. The Bertz CT molecular complexity index is 1420. The van der Waals surface area contributed by atoms with Crippen LogP contribution in [0.2, 0.25) is 0 Å². The summed E-state index contributed by atoms with van der Waals surface area (Å²) in [5.41, 5.74) is 1.47. The van der Waals surface area contributed by atoms with Crippen molar-refractivity contribution < 1.29 is 29.0 Å². The second kappa shape index (κ2) is 14.4. The van der Waals surface area contributed by atoms with Crippen LogP contribution in [-0.2, 0) is 32.1 Å². The molecule has 13 nitrogen and oxygen atoms in total. The highest BCUT2D eigenvalue weighted by Crippen LogP contribution is 2.19. The smallest absolute Gasteiger partial charge is 0.245 e. The fraction of sp³-hybridized carbons (Fsp3) is 0.400. The van der Waals surface area contributed by atoms with Crippen LogP contribution in [0.5, 0.6) is 5.75 Å². The number of aromatic nitrogens is 3. The number of nitrogens with one attached hydrogen (secondary N) is 4. The molecule has 1 aromatic heterocycles. The minimum absolute atomic E-state index is 0.141. The Hall–Kier alpha value is -4.78. The number of ether oxygens (including phenoxy) is 1. The molecule has 3 atom stereocenters. The lowest BCUT2D eigenvalue weighted by atomic mass is 10.0. The number of carbonyl (C=O) groups is 4. The molecule has 5 N–H and O–H groups in total. The minimum Gasteiger partial charge on any atom is -0.492 e. The van der Waals surface area contributed by atoms with Gasteiger partial charge in [0, 0.05) is 17.9 Å². The number of aliphatic hydroxyl groups is 1. The highest BCUT2D eigenvalue weighted by molar-refractivity contribution is 5.92. The number of hydrogen-bond acceptors (Lipinski definition) is 8. The first-order chi connectivity index (χ1) is 20.6. The quantitative estimate of drug-likeness (QED) is 0.291. The summed E-state index contributed by atoms with van der Waals surface area (Å²) in [5.74, 6) is -1.10. The minimum atomic E-state index is -1.32. The second-order valence-electron chi connectivity index (χ2n) is 10.6. The molecule has 0 spiro atoms. The van der Waals surface area contributed by atoms with Crippen LogP contribution < -0.4 is 26.0 Å². The standard InChI is InChI=1S/C30H37N7O6/c1-18(2)28(40)33-23-15-20-9-11-22(12-10-20)43-14-13-31-25(39)16-37-27(35-26(36-37)21-7-5-4-6-8-21)19(3)32-30(42)24(17-38)34-29(23)41/h4-12,18-19,23-24,38H,13-17H2,1-3H3,(H,31,39)(H,32,42)(H,33,40)(H,34,41)/t19-,23-,24-/m0/s1. The molecule has 0 saturated heterocycles. The van der Waals surface area contributed by atoms with Crippen LogP contribution in [-0.4, -0.2) is 75.3 Å². The van der Waals surface area contributed by atoms with Gasteiger partial charge in [-0.15, -0.1) is 0 Å². The van der Waals surface area contributed by atoms with Gasteiger partial charge in [0.2, 0.25) is 23.6 Å². The SMILES string of the molecule is CC(C)C(=O)N[C@H]1Cc2ccc(cc2)OCCNC(=O)Cn2nc(-c3ccccc3)nc2[C@H](C)NC(=O)[C@H](CO)NC1=O. The molecule has 43 heavy (non-hydrogen) atoms. The van der Waals surface area contributed by atoms with Crippen LogP contribution in [0, 0.1) is 5.92 Å². The van der Waals surface area contributed by atoms with Crippen molar-refractivity contribution in [1.29, 1.82) is 0 Å². The highest BCUT2D eigenvalue weighted by atomic mass is 16.5. The van der Waals surface area contributed by atoms with E-state index >= 15 is 0 Å². The van der Waals surface area contributed by atoms with E-state index in [1.165, 1.54) is 4.68 Å². The maximum Gasteiger partial charge on any atom is 0.245 e. The molecule has 0 aliphatic carbocycles. The van der Waals surface area contributed by atoms with Gasteiger partial charge in [0.05, 0.1) is 19.2 Å². The Labute approximate surface area is 249 Å². The molecule has 2 aliphatic heterocycles. The predicted molar refractivity (Wildman–Crippen MR) is 156 cm³/mol. The molecule has 228 valence electrons. The maximum absolute atomic E-state index is 13.3. The van der Waals surface area contributed by atoms with Gasteiger partial charge in [0.25, 0.3) is 0 Å². The summed E-state index contributed by atoms with van der Waals surface area (Å²) in [5, 5.41) is 25.4. The van der Waals surface area contributed by atoms with E-state index in [0.717, 1.165) is 11.1 Å². The molecule has 0 saturated carbocycles. The summed E-state index contributed by atoms with van der Waals surface area (Å²) >= 11 is 0. The van der Waals surface area contributed by atoms with Gasteiger partial charge in [-0.1, -0.05) is 56.3 Å². The van der Waals surface area contributed by atoms with Gasteiger partial charge in [-0.05, 0) is 24.6 Å². The molecule has 0 radical (unpaired) electrons. The van der Waals surface area contributed by atoms with Crippen LogP contribution in [0.4, 0.5) is 0 Å². The fourth-order valence-corrected chi connectivity index (χ4v) is 4.40. The zero-order valence-electron chi connectivity index (χ0n) is 24.4. The van der Waals surface area contributed by atoms with Gasteiger partial charge < -0.3 is 31.1 Å². The largest absolute Gasteiger partial charge is 0.492 e. The monoisotopic (exact) mass is 591 g/mol. The molecular weight excluding hydrogens is 554 g/mol. The topological polar surface area (TPSA) is 177 Å². The van der Waals surface area contributed by atoms with Crippen molar-refractivity contribution in [2.45, 2.75) is 51.9 Å². The van der Waals surface area contributed by atoms with Gasteiger partial charge in [0.1, 0.15) is 36.8 Å². The van der Waals surface area contributed by atoms with Crippen molar-refractivity contribution in [2.24, 2.45) is 5.92 Å². The molecule has 2 aromatic carbocycles. The molecule has 4 amide bonds. The van der Waals surface area contributed by atoms with Crippen molar-refractivity contribution in [3.8, 4) is 17.1 Å². The van der Waals surface area contributed by atoms with Crippen molar-refractivity contribution >= 4 is 23.6 Å². The second-order valence-corrected chi connectivity index (χ2v) is 10.6. The summed E-state index contributed by atoms with van der Waals surface area (Å²) in [4.78, 5) is 56.5. The number of hydrogen-bond donors (Lipinski definition) is 5. The van der Waals surface area contributed by atoms with E-state index in [0.29, 0.717) is 17.4 Å². The summed E-state index contributed by atoms with van der Waals surface area (Å²) in [6, 6.07) is 13.1. The average molecular weight is 592 g/mol. The molecule has 2 aliphatic rings. The third-order valence-corrected chi connectivity index (χ3v) is 6.80. The van der Waals surface area contributed by atoms with Crippen LogP contribution in [0.25, 0.3) is 11.4 Å². The van der Waals surface area contributed by atoms with Crippen molar-refractivity contribution in [2.75, 3.05) is 19.8 Å². The van der Waals surface area contributed by atoms with E-state index in [1.807, 2.05) is 30.3 Å². The zero-order chi connectivity index (χ0) is 30.9. The van der Waals surface area contributed by atoms with Gasteiger partial charge in [0.15, 0.2) is 5.82 Å². The molecule has 2 bridgehead atoms. The predicted octanol–water partition coefficient (Wildman–Crippen LogP) is 0.492. The molecule has 13 heteroatoms. The van der Waals surface area contributed by atoms with Crippen molar-refractivity contribution in [1.82, 2.24) is 36.0 Å². The number of amides is 4. The third kappa shape index (κ3) is 8.38. The van der Waals surface area contributed by atoms with Gasteiger partial charge in [-0.2, -0.15) is 5.10 Å². The number of fused-ring (bicyclic) bond motifs is 14. The van der Waals surface area contributed by atoms with E-state index in [2.05, 4.69) is 31.3 Å². The van der Waals surface area contributed by atoms with E-state index in [-0.39, 0.29) is 43.8 Å². The Balaban J connectivity index is 1.63. The van der Waals surface area contributed by atoms with E-state index in [4.69, 9.17) is 4.74 Å². The first kappa shape index (κ1) is 31.2. The first-order valence-corrected chi connectivity index (χ1v) is 14.1. The van der Waals surface area contributed by atoms with Crippen LogP contribution in [0.15, 0.2) is 54.6 Å². The fourth-order valence-electron chi connectivity index (χ4n) is 4.40. The Morgan fingerprint density at radius 3 is 2.47 bits per heavy atom. The molecular formula is C30H37N7O6. The van der Waals surface area contributed by atoms with Gasteiger partial charge in [-0.25, -0.2) is 9.67 Å². The Morgan fingerprint density at radius 1 is 1.07 bits per heavy atom. The molecule has 5 rings (SSSR count). The van der Waals surface area contributed by atoms with Gasteiger partial charge >= 0.3 is 0 Å². The zero-order valence-corrected chi connectivity index (χ0v) is 24.4. The number of rotatable bonds is 4. The lowest BCUT2D eigenvalue weighted by Crippen LogP contribution is -2.56. The van der Waals surface area contributed by atoms with Crippen molar-refractivity contribution in [3.05, 3.63) is 66.0 Å². The summed E-state index contributed by atoms with van der Waals surface area (Å²) in [6.45, 7) is 4.68. The van der Waals surface area contributed by atoms with E-state index < -0.39 is 36.5 Å². The molecule has 0 fully saturated rings. The summed E-state index contributed by atoms with van der Waals surface area (Å²) < 4.78 is 7.16. The number of aliphatic hydroxyl groups excluding tert-OH is 1. The van der Waals surface area contributed by atoms with Crippen LogP contribution in [0.1, 0.15) is 38.2 Å². The van der Waals surface area contributed by atoms with E-state index in [9.17, 15) is 24.3 Å². The molecule has 3 heterocycles. The first-order valence-electron chi connectivity index (χ1n) is 14.1. The van der Waals surface area contributed by atoms with E-state index in [1.54, 1.807) is 45.0 Å². The molecule has 3 aromatic rings. The average Bonchev–Trinajstić information content (AvgIpc) is 3.42. The normalized spacial score (nSPS) is 20.3. The summed E-state index contributed by atoms with van der Waals surface area (Å²) in [6.07, 6.45) is 0.141. The van der Waals surface area contributed by atoms with Crippen LogP contribution in [0.3, 0.4) is 0 Å². The van der Waals surface area contributed by atoms with Crippen LogP contribution >= 0.6 is 0 Å². The maximum atomic E-state index is 13.3. The molecule has 0 unspecified atom stereocenters.